The number of anilines is 1. The van der Waals surface area contributed by atoms with Crippen molar-refractivity contribution < 1.29 is 0 Å². The zero-order chi connectivity index (χ0) is 14.1. The number of nitrogens with zero attached hydrogens (tertiary/aromatic N) is 3. The Morgan fingerprint density at radius 1 is 1.05 bits per heavy atom. The summed E-state index contributed by atoms with van der Waals surface area (Å²) >= 11 is 0. The van der Waals surface area contributed by atoms with E-state index in [-0.39, 0.29) is 0 Å². The summed E-state index contributed by atoms with van der Waals surface area (Å²) in [6, 6.07) is 0.772. The Balaban J connectivity index is 1.30. The summed E-state index contributed by atoms with van der Waals surface area (Å²) in [6.07, 6.45) is 10.5. The van der Waals surface area contributed by atoms with E-state index in [1.165, 1.54) is 51.5 Å². The van der Waals surface area contributed by atoms with E-state index < -0.39 is 0 Å². The zero-order valence-corrected chi connectivity index (χ0v) is 12.9. The molecule has 4 rings (SSSR count). The molecule has 1 atom stereocenters. The van der Waals surface area contributed by atoms with Crippen LogP contribution in [0, 0.1) is 11.8 Å². The molecule has 1 unspecified atom stereocenters. The standard InChI is InChI=1S/C16H27N5/c1-3-12(4-1)11-15-18-16(20-19-15)21-9-6-13(7-10-21)14-5-2-8-17-14/h12-14,17H,1-11H2,(H,18,19,20). The van der Waals surface area contributed by atoms with Crippen LogP contribution < -0.4 is 10.2 Å². The van der Waals surface area contributed by atoms with Gasteiger partial charge in [-0.3, -0.25) is 5.10 Å². The lowest BCUT2D eigenvalue weighted by Crippen LogP contribution is -2.41. The molecule has 2 N–H and O–H groups in total. The third-order valence-corrected chi connectivity index (χ3v) is 5.72. The summed E-state index contributed by atoms with van der Waals surface area (Å²) in [5.74, 6) is 3.73. The lowest BCUT2D eigenvalue weighted by atomic mass is 9.83. The number of H-pyrrole nitrogens is 1. The van der Waals surface area contributed by atoms with Crippen LogP contribution in [0.3, 0.4) is 0 Å². The molecule has 2 saturated heterocycles. The van der Waals surface area contributed by atoms with Crippen molar-refractivity contribution in [1.29, 1.82) is 0 Å². The van der Waals surface area contributed by atoms with Gasteiger partial charge in [-0.05, 0) is 44.1 Å². The van der Waals surface area contributed by atoms with Gasteiger partial charge in [0.25, 0.3) is 0 Å². The molecule has 5 nitrogen and oxygen atoms in total. The van der Waals surface area contributed by atoms with Gasteiger partial charge in [-0.2, -0.15) is 4.98 Å². The third kappa shape index (κ3) is 2.93. The minimum Gasteiger partial charge on any atom is -0.340 e. The fraction of sp³-hybridized carbons (Fsp3) is 0.875. The normalized spacial score (nSPS) is 28.0. The van der Waals surface area contributed by atoms with Crippen molar-refractivity contribution >= 4 is 5.95 Å². The van der Waals surface area contributed by atoms with Crippen molar-refractivity contribution in [3.05, 3.63) is 5.82 Å². The second-order valence-electron chi connectivity index (χ2n) is 7.11. The van der Waals surface area contributed by atoms with Crippen molar-refractivity contribution in [2.45, 2.75) is 57.4 Å². The fourth-order valence-electron chi connectivity index (χ4n) is 4.10. The number of hydrogen-bond acceptors (Lipinski definition) is 4. The summed E-state index contributed by atoms with van der Waals surface area (Å²) in [4.78, 5) is 7.09. The highest BCUT2D eigenvalue weighted by molar-refractivity contribution is 5.29. The maximum Gasteiger partial charge on any atom is 0.244 e. The number of aromatic nitrogens is 3. The summed E-state index contributed by atoms with van der Waals surface area (Å²) < 4.78 is 0. The molecule has 0 radical (unpaired) electrons. The second-order valence-corrected chi connectivity index (χ2v) is 7.11. The number of piperidine rings is 1. The largest absolute Gasteiger partial charge is 0.340 e. The smallest absolute Gasteiger partial charge is 0.244 e. The maximum atomic E-state index is 4.72. The Hall–Kier alpha value is -1.10. The molecule has 0 aromatic carbocycles. The highest BCUT2D eigenvalue weighted by Crippen LogP contribution is 2.30. The van der Waals surface area contributed by atoms with Gasteiger partial charge in [-0.25, -0.2) is 0 Å². The predicted octanol–water partition coefficient (Wildman–Crippen LogP) is 2.12. The van der Waals surface area contributed by atoms with Crippen molar-refractivity contribution in [3.8, 4) is 0 Å². The topological polar surface area (TPSA) is 56.8 Å². The van der Waals surface area contributed by atoms with Crippen molar-refractivity contribution in [1.82, 2.24) is 20.5 Å². The minimum atomic E-state index is 0.772. The minimum absolute atomic E-state index is 0.772. The molecule has 0 spiro atoms. The molecule has 1 saturated carbocycles. The average molecular weight is 289 g/mol. The van der Waals surface area contributed by atoms with E-state index in [2.05, 4.69) is 20.4 Å². The Bertz CT molecular complexity index is 453. The van der Waals surface area contributed by atoms with E-state index in [1.807, 2.05) is 0 Å². The van der Waals surface area contributed by atoms with Gasteiger partial charge < -0.3 is 10.2 Å². The first-order valence-electron chi connectivity index (χ1n) is 8.78. The van der Waals surface area contributed by atoms with Crippen LogP contribution in [0.1, 0.15) is 50.8 Å². The maximum absolute atomic E-state index is 4.72. The van der Waals surface area contributed by atoms with Crippen molar-refractivity contribution in [2.24, 2.45) is 11.8 Å². The Kier molecular flexibility index (Phi) is 3.84. The molecule has 3 aliphatic rings. The van der Waals surface area contributed by atoms with Gasteiger partial charge in [-0.15, -0.1) is 5.10 Å². The molecule has 116 valence electrons. The Morgan fingerprint density at radius 3 is 2.57 bits per heavy atom. The number of hydrogen-bond donors (Lipinski definition) is 2. The highest BCUT2D eigenvalue weighted by Gasteiger charge is 2.29. The SMILES string of the molecule is C1CC(Cc2nc(N3CCC(C4CCCN4)CC3)n[nH]2)C1. The van der Waals surface area contributed by atoms with Crippen LogP contribution in [0.5, 0.6) is 0 Å². The van der Waals surface area contributed by atoms with Crippen molar-refractivity contribution in [3.63, 3.8) is 0 Å². The zero-order valence-electron chi connectivity index (χ0n) is 12.9. The van der Waals surface area contributed by atoms with Crippen LogP contribution in [0.15, 0.2) is 0 Å². The van der Waals surface area contributed by atoms with Crippen LogP contribution in [0.25, 0.3) is 0 Å². The molecule has 1 aromatic heterocycles. The van der Waals surface area contributed by atoms with E-state index in [1.54, 1.807) is 0 Å². The molecule has 3 heterocycles. The fourth-order valence-corrected chi connectivity index (χ4v) is 4.10. The summed E-state index contributed by atoms with van der Waals surface area (Å²) in [7, 11) is 0. The summed E-state index contributed by atoms with van der Waals surface area (Å²) in [6.45, 7) is 3.45. The monoisotopic (exact) mass is 289 g/mol. The van der Waals surface area contributed by atoms with E-state index >= 15 is 0 Å². The van der Waals surface area contributed by atoms with Gasteiger partial charge in [0.15, 0.2) is 0 Å². The molecule has 1 aliphatic carbocycles. The Labute approximate surface area is 126 Å². The van der Waals surface area contributed by atoms with Gasteiger partial charge in [-0.1, -0.05) is 19.3 Å². The number of nitrogens with one attached hydrogen (secondary N) is 2. The highest BCUT2D eigenvalue weighted by atomic mass is 15.4. The molecule has 3 fully saturated rings. The van der Waals surface area contributed by atoms with E-state index in [9.17, 15) is 0 Å². The van der Waals surface area contributed by atoms with Gasteiger partial charge in [0.05, 0.1) is 0 Å². The quantitative estimate of drug-likeness (QED) is 0.891. The van der Waals surface area contributed by atoms with E-state index in [0.717, 1.165) is 49.2 Å². The van der Waals surface area contributed by atoms with Crippen LogP contribution in [0.4, 0.5) is 5.95 Å². The first kappa shape index (κ1) is 13.6. The van der Waals surface area contributed by atoms with E-state index in [0.29, 0.717) is 0 Å². The second kappa shape index (κ2) is 5.95. The number of aromatic amines is 1. The van der Waals surface area contributed by atoms with Crippen molar-refractivity contribution in [2.75, 3.05) is 24.5 Å². The van der Waals surface area contributed by atoms with E-state index in [4.69, 9.17) is 4.98 Å². The van der Waals surface area contributed by atoms with Gasteiger partial charge in [0.2, 0.25) is 5.95 Å². The lowest BCUT2D eigenvalue weighted by molar-refractivity contribution is 0.309. The summed E-state index contributed by atoms with van der Waals surface area (Å²) in [5.41, 5.74) is 0. The van der Waals surface area contributed by atoms with Gasteiger partial charge >= 0.3 is 0 Å². The Morgan fingerprint density at radius 2 is 1.90 bits per heavy atom. The lowest BCUT2D eigenvalue weighted by Gasteiger charge is -2.34. The number of rotatable bonds is 4. The van der Waals surface area contributed by atoms with Gasteiger partial charge in [0, 0.05) is 25.6 Å². The van der Waals surface area contributed by atoms with Crippen LogP contribution in [0.2, 0.25) is 0 Å². The molecule has 0 bridgehead atoms. The van der Waals surface area contributed by atoms with Crippen LogP contribution in [-0.2, 0) is 6.42 Å². The average Bonchev–Trinajstić information content (AvgIpc) is 3.15. The molecule has 0 amide bonds. The predicted molar refractivity (Wildman–Crippen MR) is 83.4 cm³/mol. The first-order valence-corrected chi connectivity index (χ1v) is 8.78. The molecule has 5 heteroatoms. The molecule has 1 aromatic rings. The van der Waals surface area contributed by atoms with Crippen LogP contribution in [-0.4, -0.2) is 40.9 Å². The van der Waals surface area contributed by atoms with Crippen LogP contribution >= 0.6 is 0 Å². The molecule has 2 aliphatic heterocycles. The molecule has 21 heavy (non-hydrogen) atoms. The molecular formula is C16H27N5. The summed E-state index contributed by atoms with van der Waals surface area (Å²) in [5, 5.41) is 11.3. The van der Waals surface area contributed by atoms with Gasteiger partial charge in [0.1, 0.15) is 5.82 Å². The third-order valence-electron chi connectivity index (χ3n) is 5.72. The molecular weight excluding hydrogens is 262 g/mol. The first-order chi connectivity index (χ1) is 10.4.